The molecule has 27 heavy (non-hydrogen) atoms. The molecular weight excluding hydrogens is 338 g/mol. The Balaban J connectivity index is 1.43. The summed E-state index contributed by atoms with van der Waals surface area (Å²) >= 11 is 0. The minimum Gasteiger partial charge on any atom is -0.345 e. The first-order valence-corrected chi connectivity index (χ1v) is 9.25. The molecule has 1 aliphatic rings. The van der Waals surface area contributed by atoms with Crippen LogP contribution in [-0.2, 0) is 6.42 Å². The van der Waals surface area contributed by atoms with Crippen LogP contribution in [0.1, 0.15) is 42.8 Å². The van der Waals surface area contributed by atoms with E-state index in [1.165, 1.54) is 0 Å². The Morgan fingerprint density at radius 1 is 1.19 bits per heavy atom. The topological polar surface area (TPSA) is 95.5 Å². The van der Waals surface area contributed by atoms with Crippen molar-refractivity contribution in [3.8, 4) is 6.07 Å². The van der Waals surface area contributed by atoms with Gasteiger partial charge in [0.15, 0.2) is 11.3 Å². The van der Waals surface area contributed by atoms with Crippen molar-refractivity contribution in [2.24, 2.45) is 11.8 Å². The van der Waals surface area contributed by atoms with Crippen molar-refractivity contribution in [1.29, 1.82) is 5.26 Å². The molecule has 4 aromatic heterocycles. The molecule has 7 nitrogen and oxygen atoms in total. The van der Waals surface area contributed by atoms with Crippen molar-refractivity contribution in [2.45, 2.75) is 32.1 Å². The molecule has 0 unspecified atom stereocenters. The van der Waals surface area contributed by atoms with Gasteiger partial charge in [-0.05, 0) is 49.3 Å². The molecule has 0 radical (unpaired) electrons. The molecule has 0 aromatic carbocycles. The monoisotopic (exact) mass is 357 g/mol. The number of hydrogen-bond donors (Lipinski definition) is 1. The SMILES string of the molecule is C[C@H]1C[C@@H](Cc2ccc(C#N)cn2)C[C@H]1c1nnc2cnc3[nH]ccc3n12. The maximum Gasteiger partial charge on any atom is 0.179 e. The highest BCUT2D eigenvalue weighted by atomic mass is 15.3. The molecule has 1 saturated carbocycles. The van der Waals surface area contributed by atoms with E-state index in [0.29, 0.717) is 23.3 Å². The smallest absolute Gasteiger partial charge is 0.179 e. The normalized spacial score (nSPS) is 22.4. The molecule has 0 bridgehead atoms. The van der Waals surface area contributed by atoms with Gasteiger partial charge >= 0.3 is 0 Å². The van der Waals surface area contributed by atoms with Crippen molar-refractivity contribution in [2.75, 3.05) is 0 Å². The summed E-state index contributed by atoms with van der Waals surface area (Å²) in [6.07, 6.45) is 8.48. The van der Waals surface area contributed by atoms with Crippen LogP contribution in [0.4, 0.5) is 0 Å². The van der Waals surface area contributed by atoms with Crippen molar-refractivity contribution in [3.05, 3.63) is 53.9 Å². The predicted octanol–water partition coefficient (Wildman–Crippen LogP) is 3.24. The first-order valence-electron chi connectivity index (χ1n) is 9.25. The first kappa shape index (κ1) is 15.9. The Labute approximate surface area is 156 Å². The zero-order valence-corrected chi connectivity index (χ0v) is 15.0. The average molecular weight is 357 g/mol. The molecule has 0 aliphatic heterocycles. The van der Waals surface area contributed by atoms with Gasteiger partial charge in [0, 0.05) is 24.0 Å². The number of H-pyrrole nitrogens is 1. The molecule has 5 rings (SSSR count). The summed E-state index contributed by atoms with van der Waals surface area (Å²) in [6.45, 7) is 2.30. The third-order valence-corrected chi connectivity index (χ3v) is 5.73. The van der Waals surface area contributed by atoms with Crippen LogP contribution in [0.15, 0.2) is 36.8 Å². The fourth-order valence-corrected chi connectivity index (χ4v) is 4.45. The lowest BCUT2D eigenvalue weighted by molar-refractivity contribution is 0.498. The molecule has 1 fully saturated rings. The van der Waals surface area contributed by atoms with Gasteiger partial charge in [-0.2, -0.15) is 5.26 Å². The van der Waals surface area contributed by atoms with Crippen LogP contribution >= 0.6 is 0 Å². The standard InChI is InChI=1S/C20H19N7/c1-12-6-14(7-15-3-2-13(9-21)10-23-15)8-16(12)20-26-25-18-11-24-19-17(27(18)20)4-5-22-19/h2-5,10-12,14,16,22H,6-8H2,1H3/t12-,14-,16+/m0/s1. The number of nitrogens with one attached hydrogen (secondary N) is 1. The minimum absolute atomic E-state index is 0.365. The molecule has 1 N–H and O–H groups in total. The van der Waals surface area contributed by atoms with Crippen molar-refractivity contribution >= 4 is 16.8 Å². The summed E-state index contributed by atoms with van der Waals surface area (Å²) in [5.74, 6) is 2.48. The van der Waals surface area contributed by atoms with Gasteiger partial charge in [0.1, 0.15) is 11.9 Å². The van der Waals surface area contributed by atoms with Crippen LogP contribution in [0.2, 0.25) is 0 Å². The maximum absolute atomic E-state index is 8.92. The largest absolute Gasteiger partial charge is 0.345 e. The quantitative estimate of drug-likeness (QED) is 0.607. The summed E-state index contributed by atoms with van der Waals surface area (Å²) in [7, 11) is 0. The zero-order valence-electron chi connectivity index (χ0n) is 15.0. The van der Waals surface area contributed by atoms with Gasteiger partial charge in [-0.3, -0.25) is 9.38 Å². The van der Waals surface area contributed by atoms with Gasteiger partial charge < -0.3 is 4.98 Å². The van der Waals surface area contributed by atoms with E-state index in [4.69, 9.17) is 5.26 Å². The number of fused-ring (bicyclic) bond motifs is 3. The average Bonchev–Trinajstić information content (AvgIpc) is 3.39. The lowest BCUT2D eigenvalue weighted by Gasteiger charge is -2.13. The summed E-state index contributed by atoms with van der Waals surface area (Å²) in [5, 5.41) is 17.8. The molecule has 0 spiro atoms. The van der Waals surface area contributed by atoms with Crippen molar-refractivity contribution in [1.82, 2.24) is 29.5 Å². The lowest BCUT2D eigenvalue weighted by Crippen LogP contribution is -2.08. The van der Waals surface area contributed by atoms with E-state index in [0.717, 1.165) is 47.6 Å². The van der Waals surface area contributed by atoms with Gasteiger partial charge in [0.2, 0.25) is 0 Å². The Morgan fingerprint density at radius 2 is 2.11 bits per heavy atom. The van der Waals surface area contributed by atoms with E-state index >= 15 is 0 Å². The molecule has 3 atom stereocenters. The summed E-state index contributed by atoms with van der Waals surface area (Å²) in [6, 6.07) is 7.97. The zero-order chi connectivity index (χ0) is 18.4. The summed E-state index contributed by atoms with van der Waals surface area (Å²) in [4.78, 5) is 12.0. The highest BCUT2D eigenvalue weighted by molar-refractivity contribution is 5.74. The van der Waals surface area contributed by atoms with Crippen LogP contribution in [0.25, 0.3) is 16.8 Å². The number of pyridine rings is 1. The molecule has 0 amide bonds. The molecule has 4 heterocycles. The fraction of sp³-hybridized carbons (Fsp3) is 0.350. The highest BCUT2D eigenvalue weighted by Gasteiger charge is 2.35. The molecule has 0 saturated heterocycles. The Morgan fingerprint density at radius 3 is 2.93 bits per heavy atom. The molecule has 4 aromatic rings. The number of aromatic amines is 1. The molecule has 134 valence electrons. The van der Waals surface area contributed by atoms with E-state index < -0.39 is 0 Å². The van der Waals surface area contributed by atoms with E-state index in [-0.39, 0.29) is 0 Å². The second kappa shape index (κ2) is 6.16. The van der Waals surface area contributed by atoms with Gasteiger partial charge in [-0.15, -0.1) is 10.2 Å². The van der Waals surface area contributed by atoms with Gasteiger partial charge in [0.05, 0.1) is 17.3 Å². The Kier molecular flexibility index (Phi) is 3.64. The Bertz CT molecular complexity index is 1150. The molecular formula is C20H19N7. The third kappa shape index (κ3) is 2.65. The third-order valence-electron chi connectivity index (χ3n) is 5.73. The number of nitriles is 1. The molecule has 7 heteroatoms. The van der Waals surface area contributed by atoms with E-state index in [9.17, 15) is 0 Å². The minimum atomic E-state index is 0.365. The summed E-state index contributed by atoms with van der Waals surface area (Å²) in [5.41, 5.74) is 4.33. The van der Waals surface area contributed by atoms with E-state index in [2.05, 4.69) is 42.5 Å². The number of rotatable bonds is 3. The number of nitrogens with zero attached hydrogens (tertiary/aromatic N) is 6. The van der Waals surface area contributed by atoms with Crippen molar-refractivity contribution in [3.63, 3.8) is 0 Å². The van der Waals surface area contributed by atoms with Gasteiger partial charge in [0.25, 0.3) is 0 Å². The highest BCUT2D eigenvalue weighted by Crippen LogP contribution is 2.43. The first-order chi connectivity index (χ1) is 13.2. The van der Waals surface area contributed by atoms with Gasteiger partial charge in [-0.25, -0.2) is 4.98 Å². The van der Waals surface area contributed by atoms with Crippen LogP contribution in [0, 0.1) is 23.2 Å². The van der Waals surface area contributed by atoms with Crippen LogP contribution < -0.4 is 0 Å². The fourth-order valence-electron chi connectivity index (χ4n) is 4.45. The van der Waals surface area contributed by atoms with E-state index in [1.807, 2.05) is 24.4 Å². The second-order valence-corrected chi connectivity index (χ2v) is 7.50. The lowest BCUT2D eigenvalue weighted by atomic mass is 9.97. The number of hydrogen-bond acceptors (Lipinski definition) is 5. The predicted molar refractivity (Wildman–Crippen MR) is 99.9 cm³/mol. The maximum atomic E-state index is 8.92. The van der Waals surface area contributed by atoms with Crippen LogP contribution in [-0.4, -0.2) is 29.5 Å². The summed E-state index contributed by atoms with van der Waals surface area (Å²) < 4.78 is 2.14. The van der Waals surface area contributed by atoms with Crippen LogP contribution in [0.5, 0.6) is 0 Å². The van der Waals surface area contributed by atoms with Crippen molar-refractivity contribution < 1.29 is 0 Å². The van der Waals surface area contributed by atoms with E-state index in [1.54, 1.807) is 12.4 Å². The second-order valence-electron chi connectivity index (χ2n) is 7.50. The van der Waals surface area contributed by atoms with Crippen LogP contribution in [0.3, 0.4) is 0 Å². The molecule has 1 aliphatic carbocycles. The number of aromatic nitrogens is 6. The van der Waals surface area contributed by atoms with Gasteiger partial charge in [-0.1, -0.05) is 6.92 Å². The Hall–Kier alpha value is -3.27.